The minimum atomic E-state index is -0.581. The highest BCUT2D eigenvalue weighted by Gasteiger charge is 2.13. The van der Waals surface area contributed by atoms with Crippen molar-refractivity contribution < 1.29 is 4.79 Å². The van der Waals surface area contributed by atoms with Gasteiger partial charge in [0.1, 0.15) is 0 Å². The maximum Gasteiger partial charge on any atom is 0.235 e. The lowest BCUT2D eigenvalue weighted by Gasteiger charge is -2.19. The van der Waals surface area contributed by atoms with Crippen LogP contribution in [0.5, 0.6) is 0 Å². The first-order valence-corrected chi connectivity index (χ1v) is 6.57. The first kappa shape index (κ1) is 14.1. The van der Waals surface area contributed by atoms with E-state index in [0.29, 0.717) is 5.75 Å². The average molecular weight is 252 g/mol. The van der Waals surface area contributed by atoms with Gasteiger partial charge in [-0.1, -0.05) is 32.9 Å². The van der Waals surface area contributed by atoms with E-state index in [2.05, 4.69) is 45.0 Å². The zero-order chi connectivity index (χ0) is 13.1. The number of benzene rings is 1. The van der Waals surface area contributed by atoms with Gasteiger partial charge in [-0.15, -0.1) is 11.8 Å². The molecule has 1 aromatic rings. The van der Waals surface area contributed by atoms with Gasteiger partial charge < -0.3 is 11.5 Å². The maximum atomic E-state index is 10.8. The Balaban J connectivity index is 2.60. The summed E-state index contributed by atoms with van der Waals surface area (Å²) in [6.07, 6.45) is 0. The lowest BCUT2D eigenvalue weighted by atomic mass is 9.87. The molecule has 0 aliphatic rings. The van der Waals surface area contributed by atoms with E-state index >= 15 is 0 Å². The molecular formula is C13H20N2OS. The number of rotatable bonds is 4. The van der Waals surface area contributed by atoms with Crippen molar-refractivity contribution in [3.63, 3.8) is 0 Å². The van der Waals surface area contributed by atoms with Gasteiger partial charge in [-0.2, -0.15) is 0 Å². The summed E-state index contributed by atoms with van der Waals surface area (Å²) in [5.41, 5.74) is 12.1. The van der Waals surface area contributed by atoms with E-state index in [9.17, 15) is 4.79 Å². The molecule has 1 atom stereocenters. The zero-order valence-corrected chi connectivity index (χ0v) is 11.4. The summed E-state index contributed by atoms with van der Waals surface area (Å²) in [7, 11) is 0. The second kappa shape index (κ2) is 5.56. The first-order valence-electron chi connectivity index (χ1n) is 5.59. The van der Waals surface area contributed by atoms with Crippen molar-refractivity contribution in [1.82, 2.24) is 0 Å². The second-order valence-electron chi connectivity index (χ2n) is 5.09. The molecule has 0 spiro atoms. The Labute approximate surface area is 107 Å². The topological polar surface area (TPSA) is 69.1 Å². The molecule has 0 aliphatic heterocycles. The Bertz CT molecular complexity index is 381. The quantitative estimate of drug-likeness (QED) is 0.804. The number of carbonyl (C=O) groups is 1. The molecule has 1 amide bonds. The second-order valence-corrected chi connectivity index (χ2v) is 6.19. The van der Waals surface area contributed by atoms with Crippen LogP contribution in [-0.4, -0.2) is 17.7 Å². The summed E-state index contributed by atoms with van der Waals surface area (Å²) in [6, 6.07) is 7.75. The molecule has 0 saturated carbocycles. The normalized spacial score (nSPS) is 13.4. The molecule has 1 aromatic carbocycles. The van der Waals surface area contributed by atoms with Gasteiger partial charge in [-0.3, -0.25) is 4.79 Å². The number of nitrogens with two attached hydrogens (primary N) is 2. The minimum Gasteiger partial charge on any atom is -0.368 e. The Morgan fingerprint density at radius 1 is 1.29 bits per heavy atom. The predicted molar refractivity (Wildman–Crippen MR) is 73.0 cm³/mol. The van der Waals surface area contributed by atoms with Crippen LogP contribution in [-0.2, 0) is 10.2 Å². The molecule has 3 nitrogen and oxygen atoms in total. The molecule has 0 saturated heterocycles. The minimum absolute atomic E-state index is 0.160. The smallest absolute Gasteiger partial charge is 0.235 e. The van der Waals surface area contributed by atoms with Crippen LogP contribution in [0.15, 0.2) is 29.2 Å². The number of thioether (sulfide) groups is 1. The summed E-state index contributed by atoms with van der Waals surface area (Å²) in [5.74, 6) is 0.0632. The molecule has 0 aromatic heterocycles. The Kier molecular flexibility index (Phi) is 4.60. The summed E-state index contributed by atoms with van der Waals surface area (Å²) < 4.78 is 0. The molecule has 0 aliphatic carbocycles. The lowest BCUT2D eigenvalue weighted by Crippen LogP contribution is -2.38. The number of hydrogen-bond acceptors (Lipinski definition) is 3. The fourth-order valence-electron chi connectivity index (χ4n) is 1.32. The zero-order valence-electron chi connectivity index (χ0n) is 10.6. The summed E-state index contributed by atoms with van der Waals surface area (Å²) >= 11 is 1.55. The third-order valence-corrected chi connectivity index (χ3v) is 3.65. The Morgan fingerprint density at radius 2 is 1.82 bits per heavy atom. The fraction of sp³-hybridized carbons (Fsp3) is 0.462. The van der Waals surface area contributed by atoms with Crippen molar-refractivity contribution in [2.45, 2.75) is 37.1 Å². The van der Waals surface area contributed by atoms with Crippen LogP contribution in [0.25, 0.3) is 0 Å². The molecule has 4 N–H and O–H groups in total. The van der Waals surface area contributed by atoms with Crippen molar-refractivity contribution in [3.05, 3.63) is 29.8 Å². The van der Waals surface area contributed by atoms with Gasteiger partial charge in [0.15, 0.2) is 0 Å². The van der Waals surface area contributed by atoms with Crippen molar-refractivity contribution in [1.29, 1.82) is 0 Å². The molecular weight excluding hydrogens is 232 g/mol. The van der Waals surface area contributed by atoms with E-state index < -0.39 is 11.9 Å². The van der Waals surface area contributed by atoms with E-state index in [1.54, 1.807) is 11.8 Å². The van der Waals surface area contributed by atoms with E-state index in [4.69, 9.17) is 11.5 Å². The first-order chi connectivity index (χ1) is 7.80. The number of primary amides is 1. The molecule has 0 heterocycles. The molecule has 94 valence electrons. The third-order valence-electron chi connectivity index (χ3n) is 2.52. The van der Waals surface area contributed by atoms with Gasteiger partial charge in [-0.05, 0) is 23.1 Å². The van der Waals surface area contributed by atoms with Gasteiger partial charge in [0.25, 0.3) is 0 Å². The number of hydrogen-bond donors (Lipinski definition) is 2. The van der Waals surface area contributed by atoms with Crippen molar-refractivity contribution >= 4 is 17.7 Å². The molecule has 0 fully saturated rings. The summed E-state index contributed by atoms with van der Waals surface area (Å²) in [4.78, 5) is 11.9. The molecule has 0 radical (unpaired) electrons. The van der Waals surface area contributed by atoms with E-state index in [-0.39, 0.29) is 5.41 Å². The predicted octanol–water partition coefficient (Wildman–Crippen LogP) is 1.89. The highest BCUT2D eigenvalue weighted by Crippen LogP contribution is 2.25. The van der Waals surface area contributed by atoms with E-state index in [0.717, 1.165) is 4.90 Å². The highest BCUT2D eigenvalue weighted by atomic mass is 32.2. The number of carbonyl (C=O) groups excluding carboxylic acids is 1. The summed E-state index contributed by atoms with van der Waals surface area (Å²) in [6.45, 7) is 6.54. The average Bonchev–Trinajstić information content (AvgIpc) is 2.25. The molecule has 1 unspecified atom stereocenters. The standard InChI is InChI=1S/C13H20N2OS/c1-13(2,3)9-4-6-10(7-5-9)17-8-11(14)12(15)16/h4-7,11H,8,14H2,1-3H3,(H2,15,16). The van der Waals surface area contributed by atoms with Crippen molar-refractivity contribution in [3.8, 4) is 0 Å². The van der Waals surface area contributed by atoms with E-state index in [1.165, 1.54) is 5.56 Å². The van der Waals surface area contributed by atoms with Gasteiger partial charge in [0, 0.05) is 10.6 Å². The third kappa shape index (κ3) is 4.40. The van der Waals surface area contributed by atoms with Crippen LogP contribution in [0.3, 0.4) is 0 Å². The molecule has 0 bridgehead atoms. The van der Waals surface area contributed by atoms with Gasteiger partial charge >= 0.3 is 0 Å². The van der Waals surface area contributed by atoms with Crippen molar-refractivity contribution in [2.24, 2.45) is 11.5 Å². The van der Waals surface area contributed by atoms with E-state index in [1.807, 2.05) is 0 Å². The Hall–Kier alpha value is -1.00. The van der Waals surface area contributed by atoms with Crippen LogP contribution in [0, 0.1) is 0 Å². The van der Waals surface area contributed by atoms with Crippen LogP contribution in [0.4, 0.5) is 0 Å². The molecule has 4 heteroatoms. The van der Waals surface area contributed by atoms with Crippen LogP contribution >= 0.6 is 11.8 Å². The molecule has 1 rings (SSSR count). The van der Waals surface area contributed by atoms with Gasteiger partial charge in [0.2, 0.25) is 5.91 Å². The van der Waals surface area contributed by atoms with Crippen LogP contribution in [0.2, 0.25) is 0 Å². The summed E-state index contributed by atoms with van der Waals surface area (Å²) in [5, 5.41) is 0. The highest BCUT2D eigenvalue weighted by molar-refractivity contribution is 7.99. The maximum absolute atomic E-state index is 10.8. The van der Waals surface area contributed by atoms with Crippen LogP contribution in [0.1, 0.15) is 26.3 Å². The van der Waals surface area contributed by atoms with Gasteiger partial charge in [-0.25, -0.2) is 0 Å². The largest absolute Gasteiger partial charge is 0.368 e. The Morgan fingerprint density at radius 3 is 2.24 bits per heavy atom. The lowest BCUT2D eigenvalue weighted by molar-refractivity contribution is -0.118. The number of amides is 1. The monoisotopic (exact) mass is 252 g/mol. The van der Waals surface area contributed by atoms with Crippen LogP contribution < -0.4 is 11.5 Å². The van der Waals surface area contributed by atoms with Crippen molar-refractivity contribution in [2.75, 3.05) is 5.75 Å². The molecule has 17 heavy (non-hydrogen) atoms. The SMILES string of the molecule is CC(C)(C)c1ccc(SCC(N)C(N)=O)cc1. The van der Waals surface area contributed by atoms with Gasteiger partial charge in [0.05, 0.1) is 6.04 Å². The fourth-order valence-corrected chi connectivity index (χ4v) is 2.18.